The monoisotopic (exact) mass is 285 g/mol. The molecule has 0 atom stereocenters. The number of anilines is 1. The number of carbonyl (C=O) groups is 1. The first-order valence-corrected chi connectivity index (χ1v) is 6.97. The third-order valence-corrected chi connectivity index (χ3v) is 3.23. The Hall–Kier alpha value is -2.49. The number of aromatic carboxylic acids is 1. The van der Waals surface area contributed by atoms with E-state index in [9.17, 15) is 4.79 Å². The highest BCUT2D eigenvalue weighted by Crippen LogP contribution is 2.14. The first-order valence-electron chi connectivity index (χ1n) is 6.97. The van der Waals surface area contributed by atoms with Crippen molar-refractivity contribution in [3.05, 3.63) is 60.2 Å². The van der Waals surface area contributed by atoms with Crippen molar-refractivity contribution in [3.8, 4) is 5.75 Å². The highest BCUT2D eigenvalue weighted by atomic mass is 16.5. The van der Waals surface area contributed by atoms with Crippen LogP contribution in [0.4, 0.5) is 5.69 Å². The van der Waals surface area contributed by atoms with Gasteiger partial charge in [0.1, 0.15) is 12.4 Å². The molecule has 110 valence electrons. The van der Waals surface area contributed by atoms with Gasteiger partial charge in [-0.25, -0.2) is 4.79 Å². The molecule has 2 aromatic carbocycles. The second-order valence-corrected chi connectivity index (χ2v) is 4.59. The van der Waals surface area contributed by atoms with Crippen LogP contribution in [-0.2, 0) is 0 Å². The number of rotatable bonds is 7. The fourth-order valence-electron chi connectivity index (χ4n) is 2.08. The summed E-state index contributed by atoms with van der Waals surface area (Å²) in [6, 6.07) is 16.6. The number of carboxylic acids is 1. The van der Waals surface area contributed by atoms with Crippen LogP contribution in [0, 0.1) is 0 Å². The van der Waals surface area contributed by atoms with Crippen LogP contribution >= 0.6 is 0 Å². The smallest absolute Gasteiger partial charge is 0.335 e. The first kappa shape index (κ1) is 14.9. The molecule has 0 aliphatic carbocycles. The molecule has 0 saturated carbocycles. The molecule has 0 fully saturated rings. The number of hydrogen-bond donors (Lipinski definition) is 1. The Kier molecular flexibility index (Phi) is 5.21. The summed E-state index contributed by atoms with van der Waals surface area (Å²) in [4.78, 5) is 13.0. The van der Waals surface area contributed by atoms with Gasteiger partial charge in [-0.3, -0.25) is 0 Å². The summed E-state index contributed by atoms with van der Waals surface area (Å²) < 4.78 is 5.66. The molecule has 0 aliphatic rings. The standard InChI is InChI=1S/C17H19NO3/c1-2-18(15-6-4-3-5-7-15)12-13-21-16-10-8-14(9-11-16)17(19)20/h3-11H,2,12-13H2,1H3,(H,19,20). The van der Waals surface area contributed by atoms with Crippen LogP contribution in [0.3, 0.4) is 0 Å². The number of ether oxygens (including phenoxy) is 1. The normalized spacial score (nSPS) is 10.1. The molecule has 0 heterocycles. The van der Waals surface area contributed by atoms with Gasteiger partial charge in [-0.15, -0.1) is 0 Å². The molecule has 0 saturated heterocycles. The highest BCUT2D eigenvalue weighted by molar-refractivity contribution is 5.87. The zero-order valence-electron chi connectivity index (χ0n) is 12.0. The number of para-hydroxylation sites is 1. The van der Waals surface area contributed by atoms with Crippen molar-refractivity contribution in [2.45, 2.75) is 6.92 Å². The van der Waals surface area contributed by atoms with Crippen LogP contribution in [0.1, 0.15) is 17.3 Å². The van der Waals surface area contributed by atoms with Crippen LogP contribution in [0.5, 0.6) is 5.75 Å². The third-order valence-electron chi connectivity index (χ3n) is 3.23. The number of benzene rings is 2. The van der Waals surface area contributed by atoms with Crippen LogP contribution in [-0.4, -0.2) is 30.8 Å². The van der Waals surface area contributed by atoms with Crippen molar-refractivity contribution in [3.63, 3.8) is 0 Å². The van der Waals surface area contributed by atoms with Gasteiger partial charge in [-0.1, -0.05) is 18.2 Å². The Morgan fingerprint density at radius 3 is 2.33 bits per heavy atom. The zero-order chi connectivity index (χ0) is 15.1. The lowest BCUT2D eigenvalue weighted by Gasteiger charge is -2.23. The molecule has 0 unspecified atom stereocenters. The lowest BCUT2D eigenvalue weighted by Crippen LogP contribution is -2.27. The molecule has 4 heteroatoms. The van der Waals surface area contributed by atoms with E-state index in [0.29, 0.717) is 12.4 Å². The van der Waals surface area contributed by atoms with E-state index in [2.05, 4.69) is 24.0 Å². The summed E-state index contributed by atoms with van der Waals surface area (Å²) in [7, 11) is 0. The predicted molar refractivity (Wildman–Crippen MR) is 83.2 cm³/mol. The van der Waals surface area contributed by atoms with E-state index in [1.54, 1.807) is 24.3 Å². The zero-order valence-corrected chi connectivity index (χ0v) is 12.0. The van der Waals surface area contributed by atoms with Gasteiger partial charge in [-0.2, -0.15) is 0 Å². The van der Waals surface area contributed by atoms with Crippen molar-refractivity contribution in [1.29, 1.82) is 0 Å². The average molecular weight is 285 g/mol. The van der Waals surface area contributed by atoms with Crippen molar-refractivity contribution < 1.29 is 14.6 Å². The SMILES string of the molecule is CCN(CCOc1ccc(C(=O)O)cc1)c1ccccc1. The van der Waals surface area contributed by atoms with Crippen LogP contribution in [0.25, 0.3) is 0 Å². The molecule has 21 heavy (non-hydrogen) atoms. The molecule has 0 aliphatic heterocycles. The van der Waals surface area contributed by atoms with Crippen LogP contribution in [0.2, 0.25) is 0 Å². The Labute approximate surface area is 124 Å². The molecule has 0 aromatic heterocycles. The highest BCUT2D eigenvalue weighted by Gasteiger charge is 2.05. The van der Waals surface area contributed by atoms with Crippen molar-refractivity contribution in [2.24, 2.45) is 0 Å². The van der Waals surface area contributed by atoms with Crippen molar-refractivity contribution in [2.75, 3.05) is 24.6 Å². The summed E-state index contributed by atoms with van der Waals surface area (Å²) >= 11 is 0. The minimum absolute atomic E-state index is 0.266. The lowest BCUT2D eigenvalue weighted by atomic mass is 10.2. The molecular formula is C17H19NO3. The van der Waals surface area contributed by atoms with Gasteiger partial charge in [0.05, 0.1) is 12.1 Å². The topological polar surface area (TPSA) is 49.8 Å². The number of carboxylic acid groups (broad SMARTS) is 1. The average Bonchev–Trinajstić information content (AvgIpc) is 2.53. The molecule has 2 rings (SSSR count). The molecule has 0 radical (unpaired) electrons. The predicted octanol–water partition coefficient (Wildman–Crippen LogP) is 3.29. The Morgan fingerprint density at radius 2 is 1.76 bits per heavy atom. The van der Waals surface area contributed by atoms with E-state index in [-0.39, 0.29) is 5.56 Å². The Balaban J connectivity index is 1.87. The van der Waals surface area contributed by atoms with Gasteiger partial charge in [0.25, 0.3) is 0 Å². The molecule has 0 spiro atoms. The van der Waals surface area contributed by atoms with Gasteiger partial charge in [0.2, 0.25) is 0 Å². The summed E-state index contributed by atoms with van der Waals surface area (Å²) in [5, 5.41) is 8.84. The number of hydrogen-bond acceptors (Lipinski definition) is 3. The fraction of sp³-hybridized carbons (Fsp3) is 0.235. The second kappa shape index (κ2) is 7.33. The van der Waals surface area contributed by atoms with E-state index < -0.39 is 5.97 Å². The van der Waals surface area contributed by atoms with E-state index in [4.69, 9.17) is 9.84 Å². The largest absolute Gasteiger partial charge is 0.492 e. The maximum Gasteiger partial charge on any atom is 0.335 e. The number of likely N-dealkylation sites (N-methyl/N-ethyl adjacent to an activating group) is 1. The summed E-state index contributed by atoms with van der Waals surface area (Å²) in [5.41, 5.74) is 1.44. The van der Waals surface area contributed by atoms with Gasteiger partial charge in [0, 0.05) is 12.2 Å². The maximum atomic E-state index is 10.8. The van der Waals surface area contributed by atoms with Gasteiger partial charge in [0.15, 0.2) is 0 Å². The molecule has 0 bridgehead atoms. The Bertz CT molecular complexity index is 566. The molecule has 1 N–H and O–H groups in total. The minimum Gasteiger partial charge on any atom is -0.492 e. The maximum absolute atomic E-state index is 10.8. The number of nitrogens with zero attached hydrogens (tertiary/aromatic N) is 1. The van der Waals surface area contributed by atoms with Gasteiger partial charge >= 0.3 is 5.97 Å². The molecule has 2 aromatic rings. The quantitative estimate of drug-likeness (QED) is 0.848. The molecular weight excluding hydrogens is 266 g/mol. The fourth-order valence-corrected chi connectivity index (χ4v) is 2.08. The van der Waals surface area contributed by atoms with Crippen molar-refractivity contribution >= 4 is 11.7 Å². The van der Waals surface area contributed by atoms with E-state index in [0.717, 1.165) is 13.1 Å². The minimum atomic E-state index is -0.928. The third kappa shape index (κ3) is 4.24. The van der Waals surface area contributed by atoms with E-state index in [1.807, 2.05) is 18.2 Å². The lowest BCUT2D eigenvalue weighted by molar-refractivity contribution is 0.0697. The first-order chi connectivity index (χ1) is 10.2. The van der Waals surface area contributed by atoms with Gasteiger partial charge < -0.3 is 14.7 Å². The summed E-state index contributed by atoms with van der Waals surface area (Å²) in [6.45, 7) is 4.34. The van der Waals surface area contributed by atoms with Crippen molar-refractivity contribution in [1.82, 2.24) is 0 Å². The molecule has 4 nitrogen and oxygen atoms in total. The van der Waals surface area contributed by atoms with Crippen LogP contribution in [0.15, 0.2) is 54.6 Å². The second-order valence-electron chi connectivity index (χ2n) is 4.59. The summed E-state index contributed by atoms with van der Waals surface area (Å²) in [5.74, 6) is -0.244. The Morgan fingerprint density at radius 1 is 1.10 bits per heavy atom. The molecule has 0 amide bonds. The van der Waals surface area contributed by atoms with E-state index in [1.165, 1.54) is 5.69 Å². The van der Waals surface area contributed by atoms with Gasteiger partial charge in [-0.05, 0) is 43.3 Å². The summed E-state index contributed by atoms with van der Waals surface area (Å²) in [6.07, 6.45) is 0. The van der Waals surface area contributed by atoms with E-state index >= 15 is 0 Å². The van der Waals surface area contributed by atoms with Crippen LogP contribution < -0.4 is 9.64 Å².